The van der Waals surface area contributed by atoms with Gasteiger partial charge in [-0.3, -0.25) is 10.1 Å². The van der Waals surface area contributed by atoms with E-state index in [0.29, 0.717) is 12.5 Å². The Morgan fingerprint density at radius 3 is 2.94 bits per heavy atom. The molecule has 0 bridgehead atoms. The van der Waals surface area contributed by atoms with Crippen LogP contribution in [-0.4, -0.2) is 36.4 Å². The summed E-state index contributed by atoms with van der Waals surface area (Å²) in [6.07, 6.45) is 4.19. The molecule has 0 heterocycles. The van der Waals surface area contributed by atoms with E-state index < -0.39 is 0 Å². The molecule has 2 atom stereocenters. The number of hydrogen-bond donors (Lipinski definition) is 2. The lowest BCUT2D eigenvalue weighted by Gasteiger charge is -2.39. The van der Waals surface area contributed by atoms with Gasteiger partial charge in [-0.2, -0.15) is 0 Å². The third kappa shape index (κ3) is 3.76. The van der Waals surface area contributed by atoms with Gasteiger partial charge < -0.3 is 9.84 Å². The zero-order valence-electron chi connectivity index (χ0n) is 10.3. The number of hydrogen-bond acceptors (Lipinski definition) is 4. The molecular weight excluding hydrogens is 206 g/mol. The van der Waals surface area contributed by atoms with E-state index in [1.54, 1.807) is 6.92 Å². The number of carbonyl (C=O) groups excluding carboxylic acids is 1. The van der Waals surface area contributed by atoms with Crippen molar-refractivity contribution >= 4 is 5.97 Å². The fourth-order valence-electron chi connectivity index (χ4n) is 2.49. The molecular formula is C12H23NO3. The van der Waals surface area contributed by atoms with Crippen molar-refractivity contribution in [2.75, 3.05) is 19.8 Å². The summed E-state index contributed by atoms with van der Waals surface area (Å²) in [4.78, 5) is 11.3. The predicted molar refractivity (Wildman–Crippen MR) is 62.1 cm³/mol. The van der Waals surface area contributed by atoms with Gasteiger partial charge in [0.25, 0.3) is 0 Å². The van der Waals surface area contributed by atoms with Crippen LogP contribution in [0.4, 0.5) is 0 Å². The van der Waals surface area contributed by atoms with Crippen molar-refractivity contribution in [1.82, 2.24) is 5.32 Å². The maximum atomic E-state index is 11.3. The number of ether oxygens (including phenoxy) is 1. The third-order valence-electron chi connectivity index (χ3n) is 3.31. The lowest BCUT2D eigenvalue weighted by Crippen LogP contribution is -2.53. The summed E-state index contributed by atoms with van der Waals surface area (Å²) >= 11 is 0. The van der Waals surface area contributed by atoms with Crippen LogP contribution in [0.15, 0.2) is 0 Å². The van der Waals surface area contributed by atoms with Gasteiger partial charge in [-0.05, 0) is 25.7 Å². The second-order valence-electron chi connectivity index (χ2n) is 4.80. The first-order valence-electron chi connectivity index (χ1n) is 6.13. The largest absolute Gasteiger partial charge is 0.465 e. The van der Waals surface area contributed by atoms with Gasteiger partial charge in [-0.1, -0.05) is 19.8 Å². The third-order valence-corrected chi connectivity index (χ3v) is 3.31. The minimum Gasteiger partial charge on any atom is -0.465 e. The average molecular weight is 229 g/mol. The van der Waals surface area contributed by atoms with Gasteiger partial charge in [0, 0.05) is 5.54 Å². The van der Waals surface area contributed by atoms with Gasteiger partial charge >= 0.3 is 5.97 Å². The number of nitrogens with one attached hydrogen (secondary N) is 1. The number of carbonyl (C=O) groups is 1. The molecule has 1 aliphatic rings. The van der Waals surface area contributed by atoms with Gasteiger partial charge in [-0.15, -0.1) is 0 Å². The average Bonchev–Trinajstić information content (AvgIpc) is 2.27. The van der Waals surface area contributed by atoms with Crippen LogP contribution < -0.4 is 5.32 Å². The molecule has 0 aromatic rings. The topological polar surface area (TPSA) is 58.6 Å². The highest BCUT2D eigenvalue weighted by atomic mass is 16.5. The highest BCUT2D eigenvalue weighted by Crippen LogP contribution is 2.31. The van der Waals surface area contributed by atoms with E-state index in [0.717, 1.165) is 19.3 Å². The van der Waals surface area contributed by atoms with Crippen LogP contribution >= 0.6 is 0 Å². The molecule has 0 aromatic heterocycles. The summed E-state index contributed by atoms with van der Waals surface area (Å²) in [6, 6.07) is 0. The molecule has 0 aliphatic heterocycles. The monoisotopic (exact) mass is 229 g/mol. The molecule has 0 radical (unpaired) electrons. The first kappa shape index (κ1) is 13.5. The number of aliphatic hydroxyl groups excluding tert-OH is 1. The fraction of sp³-hybridized carbons (Fsp3) is 0.917. The smallest absolute Gasteiger partial charge is 0.319 e. The van der Waals surface area contributed by atoms with E-state index in [2.05, 4.69) is 12.2 Å². The second-order valence-corrected chi connectivity index (χ2v) is 4.80. The minimum atomic E-state index is -0.273. The maximum absolute atomic E-state index is 11.3. The summed E-state index contributed by atoms with van der Waals surface area (Å²) in [5.74, 6) is 0.365. The maximum Gasteiger partial charge on any atom is 0.319 e. The Bertz CT molecular complexity index is 232. The molecule has 94 valence electrons. The van der Waals surface area contributed by atoms with Crippen molar-refractivity contribution < 1.29 is 14.6 Å². The van der Waals surface area contributed by atoms with E-state index in [4.69, 9.17) is 4.74 Å². The molecule has 0 amide bonds. The Kier molecular flexibility index (Phi) is 5.22. The van der Waals surface area contributed by atoms with Crippen LogP contribution in [0.3, 0.4) is 0 Å². The molecule has 16 heavy (non-hydrogen) atoms. The van der Waals surface area contributed by atoms with Crippen molar-refractivity contribution in [3.05, 3.63) is 0 Å². The molecule has 1 saturated carbocycles. The summed E-state index contributed by atoms with van der Waals surface area (Å²) < 4.78 is 4.87. The minimum absolute atomic E-state index is 0.0940. The van der Waals surface area contributed by atoms with Gasteiger partial charge in [0.2, 0.25) is 0 Å². The van der Waals surface area contributed by atoms with E-state index in [-0.39, 0.29) is 24.7 Å². The highest BCUT2D eigenvalue weighted by molar-refractivity contribution is 5.71. The summed E-state index contributed by atoms with van der Waals surface area (Å²) in [7, 11) is 0. The molecule has 0 aromatic carbocycles. The van der Waals surface area contributed by atoms with Crippen molar-refractivity contribution in [3.63, 3.8) is 0 Å². The van der Waals surface area contributed by atoms with Crippen LogP contribution in [0.5, 0.6) is 0 Å². The van der Waals surface area contributed by atoms with Crippen molar-refractivity contribution in [2.45, 2.75) is 45.1 Å². The van der Waals surface area contributed by atoms with Gasteiger partial charge in [0.15, 0.2) is 0 Å². The molecule has 0 spiro atoms. The van der Waals surface area contributed by atoms with E-state index >= 15 is 0 Å². The Hall–Kier alpha value is -0.610. The number of esters is 1. The van der Waals surface area contributed by atoms with Crippen LogP contribution in [0.1, 0.15) is 39.5 Å². The Balaban J connectivity index is 2.43. The fourth-order valence-corrected chi connectivity index (χ4v) is 2.49. The molecule has 4 heteroatoms. The lowest BCUT2D eigenvalue weighted by atomic mass is 9.77. The lowest BCUT2D eigenvalue weighted by molar-refractivity contribution is -0.142. The molecule has 1 fully saturated rings. The van der Waals surface area contributed by atoms with Gasteiger partial charge in [-0.25, -0.2) is 0 Å². The molecule has 4 nitrogen and oxygen atoms in total. The summed E-state index contributed by atoms with van der Waals surface area (Å²) in [5.41, 5.74) is -0.273. The number of aliphatic hydroxyl groups is 1. The molecule has 2 unspecified atom stereocenters. The quantitative estimate of drug-likeness (QED) is 0.693. The van der Waals surface area contributed by atoms with Crippen molar-refractivity contribution in [3.8, 4) is 0 Å². The normalized spacial score (nSPS) is 30.1. The number of rotatable bonds is 5. The van der Waals surface area contributed by atoms with Crippen molar-refractivity contribution in [1.29, 1.82) is 0 Å². The first-order chi connectivity index (χ1) is 7.62. The Labute approximate surface area is 97.4 Å². The van der Waals surface area contributed by atoms with Crippen LogP contribution in [0.25, 0.3) is 0 Å². The standard InChI is InChI=1S/C12H23NO3/c1-3-16-11(15)8-13-12(9-14)6-4-5-10(2)7-12/h10,13-14H,3-9H2,1-2H3. The van der Waals surface area contributed by atoms with E-state index in [1.165, 1.54) is 6.42 Å². The van der Waals surface area contributed by atoms with E-state index in [1.807, 2.05) is 0 Å². The zero-order valence-corrected chi connectivity index (χ0v) is 10.3. The van der Waals surface area contributed by atoms with Crippen LogP contribution in [0.2, 0.25) is 0 Å². The van der Waals surface area contributed by atoms with E-state index in [9.17, 15) is 9.90 Å². The van der Waals surface area contributed by atoms with Crippen LogP contribution in [-0.2, 0) is 9.53 Å². The Morgan fingerprint density at radius 1 is 1.62 bits per heavy atom. The van der Waals surface area contributed by atoms with Gasteiger partial charge in [0.05, 0.1) is 19.8 Å². The predicted octanol–water partition coefficient (Wildman–Crippen LogP) is 1.08. The van der Waals surface area contributed by atoms with Crippen LogP contribution in [0, 0.1) is 5.92 Å². The van der Waals surface area contributed by atoms with Gasteiger partial charge in [0.1, 0.15) is 0 Å². The van der Waals surface area contributed by atoms with Crippen molar-refractivity contribution in [2.24, 2.45) is 5.92 Å². The molecule has 1 rings (SSSR count). The zero-order chi connectivity index (χ0) is 12.0. The first-order valence-corrected chi connectivity index (χ1v) is 6.13. The second kappa shape index (κ2) is 6.21. The molecule has 0 saturated heterocycles. The highest BCUT2D eigenvalue weighted by Gasteiger charge is 2.34. The SMILES string of the molecule is CCOC(=O)CNC1(CO)CCCC(C)C1. The Morgan fingerprint density at radius 2 is 2.38 bits per heavy atom. The summed E-state index contributed by atoms with van der Waals surface area (Å²) in [5, 5.41) is 12.7. The molecule has 1 aliphatic carbocycles. The summed E-state index contributed by atoms with van der Waals surface area (Å²) in [6.45, 7) is 4.68. The molecule has 2 N–H and O–H groups in total.